The van der Waals surface area contributed by atoms with Crippen molar-refractivity contribution < 1.29 is 9.53 Å². The third-order valence-corrected chi connectivity index (χ3v) is 3.52. The Morgan fingerprint density at radius 2 is 2.32 bits per heavy atom. The quantitative estimate of drug-likeness (QED) is 0.717. The SMILES string of the molecule is CC1(NC(=O)c2cc3cc(N)ccc3[nH]2)CCOC1. The van der Waals surface area contributed by atoms with E-state index in [0.29, 0.717) is 24.6 Å². The summed E-state index contributed by atoms with van der Waals surface area (Å²) in [6.07, 6.45) is 0.839. The third-order valence-electron chi connectivity index (χ3n) is 3.52. The Balaban J connectivity index is 1.85. The van der Waals surface area contributed by atoms with Gasteiger partial charge in [0, 0.05) is 23.2 Å². The molecule has 2 heterocycles. The molecule has 1 unspecified atom stereocenters. The Morgan fingerprint density at radius 1 is 1.47 bits per heavy atom. The minimum Gasteiger partial charge on any atom is -0.399 e. The van der Waals surface area contributed by atoms with Crippen LogP contribution >= 0.6 is 0 Å². The molecule has 1 amide bonds. The average Bonchev–Trinajstić information content (AvgIpc) is 2.95. The minimum atomic E-state index is -0.270. The number of aromatic nitrogens is 1. The highest BCUT2D eigenvalue weighted by Crippen LogP contribution is 2.21. The van der Waals surface area contributed by atoms with Gasteiger partial charge in [-0.25, -0.2) is 0 Å². The van der Waals surface area contributed by atoms with Crippen LogP contribution in [0, 0.1) is 0 Å². The largest absolute Gasteiger partial charge is 0.399 e. The molecule has 2 aromatic rings. The maximum atomic E-state index is 12.2. The van der Waals surface area contributed by atoms with Crippen LogP contribution < -0.4 is 11.1 Å². The Labute approximate surface area is 111 Å². The van der Waals surface area contributed by atoms with Crippen molar-refractivity contribution >= 4 is 22.5 Å². The first-order valence-electron chi connectivity index (χ1n) is 6.34. The number of H-pyrrole nitrogens is 1. The van der Waals surface area contributed by atoms with E-state index in [2.05, 4.69) is 10.3 Å². The molecule has 0 bridgehead atoms. The maximum absolute atomic E-state index is 12.2. The Kier molecular flexibility index (Phi) is 2.71. The molecule has 1 saturated heterocycles. The van der Waals surface area contributed by atoms with Crippen molar-refractivity contribution in [3.05, 3.63) is 30.0 Å². The topological polar surface area (TPSA) is 80.1 Å². The molecule has 5 heteroatoms. The van der Waals surface area contributed by atoms with E-state index in [1.807, 2.05) is 31.2 Å². The first-order chi connectivity index (χ1) is 9.06. The van der Waals surface area contributed by atoms with Gasteiger partial charge in [0.2, 0.25) is 0 Å². The van der Waals surface area contributed by atoms with E-state index >= 15 is 0 Å². The first kappa shape index (κ1) is 12.0. The predicted molar refractivity (Wildman–Crippen MR) is 74.0 cm³/mol. The van der Waals surface area contributed by atoms with Gasteiger partial charge in [-0.1, -0.05) is 0 Å². The van der Waals surface area contributed by atoms with Gasteiger partial charge >= 0.3 is 0 Å². The zero-order valence-electron chi connectivity index (χ0n) is 10.8. The zero-order chi connectivity index (χ0) is 13.5. The zero-order valence-corrected chi connectivity index (χ0v) is 10.8. The van der Waals surface area contributed by atoms with Crippen LogP contribution in [0.1, 0.15) is 23.8 Å². The van der Waals surface area contributed by atoms with Gasteiger partial charge in [-0.2, -0.15) is 0 Å². The summed E-state index contributed by atoms with van der Waals surface area (Å²) < 4.78 is 5.33. The normalized spacial score (nSPS) is 22.8. The molecule has 0 spiro atoms. The van der Waals surface area contributed by atoms with Crippen molar-refractivity contribution in [1.82, 2.24) is 10.3 Å². The van der Waals surface area contributed by atoms with Crippen molar-refractivity contribution in [3.8, 4) is 0 Å². The van der Waals surface area contributed by atoms with Gasteiger partial charge in [0.25, 0.3) is 5.91 Å². The lowest BCUT2D eigenvalue weighted by atomic mass is 10.0. The average molecular weight is 259 g/mol. The second-order valence-electron chi connectivity index (χ2n) is 5.35. The van der Waals surface area contributed by atoms with Crippen LogP contribution in [0.15, 0.2) is 24.3 Å². The number of fused-ring (bicyclic) bond motifs is 1. The molecule has 100 valence electrons. The molecular formula is C14H17N3O2. The van der Waals surface area contributed by atoms with Crippen LogP contribution in [0.2, 0.25) is 0 Å². The summed E-state index contributed by atoms with van der Waals surface area (Å²) in [5.74, 6) is -0.109. The third kappa shape index (κ3) is 2.29. The van der Waals surface area contributed by atoms with E-state index in [9.17, 15) is 4.79 Å². The highest BCUT2D eigenvalue weighted by Gasteiger charge is 2.31. The summed E-state index contributed by atoms with van der Waals surface area (Å²) in [5, 5.41) is 3.96. The highest BCUT2D eigenvalue weighted by atomic mass is 16.5. The number of rotatable bonds is 2. The summed E-state index contributed by atoms with van der Waals surface area (Å²) in [6, 6.07) is 7.36. The Bertz CT molecular complexity index is 627. The Morgan fingerprint density at radius 3 is 3.05 bits per heavy atom. The van der Waals surface area contributed by atoms with Crippen LogP contribution in [-0.2, 0) is 4.74 Å². The summed E-state index contributed by atoms with van der Waals surface area (Å²) in [4.78, 5) is 15.3. The fourth-order valence-electron chi connectivity index (χ4n) is 2.38. The summed E-state index contributed by atoms with van der Waals surface area (Å²) in [6.45, 7) is 3.25. The minimum absolute atomic E-state index is 0.109. The smallest absolute Gasteiger partial charge is 0.268 e. The Hall–Kier alpha value is -2.01. The number of aromatic amines is 1. The standard InChI is InChI=1S/C14H17N3O2/c1-14(4-5-19-8-14)17-13(18)12-7-9-6-10(15)2-3-11(9)16-12/h2-3,6-7,16H,4-5,8,15H2,1H3,(H,17,18). The summed E-state index contributed by atoms with van der Waals surface area (Å²) >= 11 is 0. The molecule has 1 aliphatic heterocycles. The van der Waals surface area contributed by atoms with Crippen molar-refractivity contribution in [2.75, 3.05) is 18.9 Å². The molecule has 1 aromatic carbocycles. The number of nitrogen functional groups attached to an aromatic ring is 1. The predicted octanol–water partition coefficient (Wildman–Crippen LogP) is 1.66. The van der Waals surface area contributed by atoms with Crippen LogP contribution in [0.5, 0.6) is 0 Å². The van der Waals surface area contributed by atoms with Gasteiger partial charge in [-0.15, -0.1) is 0 Å². The molecule has 3 rings (SSSR count). The number of carbonyl (C=O) groups is 1. The fraction of sp³-hybridized carbons (Fsp3) is 0.357. The first-order valence-corrected chi connectivity index (χ1v) is 6.34. The van der Waals surface area contributed by atoms with Gasteiger partial charge < -0.3 is 20.8 Å². The van der Waals surface area contributed by atoms with Gasteiger partial charge in [0.1, 0.15) is 5.69 Å². The van der Waals surface area contributed by atoms with Crippen molar-refractivity contribution in [2.24, 2.45) is 0 Å². The van der Waals surface area contributed by atoms with E-state index in [1.54, 1.807) is 0 Å². The van der Waals surface area contributed by atoms with E-state index < -0.39 is 0 Å². The molecule has 1 atom stereocenters. The second-order valence-corrected chi connectivity index (χ2v) is 5.35. The van der Waals surface area contributed by atoms with E-state index in [0.717, 1.165) is 17.3 Å². The number of ether oxygens (including phenoxy) is 1. The van der Waals surface area contributed by atoms with Crippen LogP contribution in [0.4, 0.5) is 5.69 Å². The maximum Gasteiger partial charge on any atom is 0.268 e. The van der Waals surface area contributed by atoms with Crippen LogP contribution in [-0.4, -0.2) is 29.6 Å². The number of hydrogen-bond acceptors (Lipinski definition) is 3. The van der Waals surface area contributed by atoms with E-state index in [-0.39, 0.29) is 11.4 Å². The summed E-state index contributed by atoms with van der Waals surface area (Å²) in [7, 11) is 0. The number of hydrogen-bond donors (Lipinski definition) is 3. The van der Waals surface area contributed by atoms with Crippen molar-refractivity contribution in [3.63, 3.8) is 0 Å². The summed E-state index contributed by atoms with van der Waals surface area (Å²) in [5.41, 5.74) is 7.61. The monoisotopic (exact) mass is 259 g/mol. The number of nitrogens with two attached hydrogens (primary N) is 1. The van der Waals surface area contributed by atoms with Gasteiger partial charge in [0.05, 0.1) is 12.1 Å². The van der Waals surface area contributed by atoms with Gasteiger partial charge in [0.15, 0.2) is 0 Å². The highest BCUT2D eigenvalue weighted by molar-refractivity contribution is 5.98. The van der Waals surface area contributed by atoms with E-state index in [1.165, 1.54) is 0 Å². The molecule has 0 aliphatic carbocycles. The van der Waals surface area contributed by atoms with Gasteiger partial charge in [-0.05, 0) is 37.6 Å². The van der Waals surface area contributed by atoms with E-state index in [4.69, 9.17) is 10.5 Å². The fourth-order valence-corrected chi connectivity index (χ4v) is 2.38. The molecule has 1 fully saturated rings. The molecular weight excluding hydrogens is 242 g/mol. The van der Waals surface area contributed by atoms with Crippen molar-refractivity contribution in [2.45, 2.75) is 18.9 Å². The molecule has 0 radical (unpaired) electrons. The molecule has 1 aromatic heterocycles. The van der Waals surface area contributed by atoms with Crippen LogP contribution in [0.3, 0.4) is 0 Å². The number of nitrogens with one attached hydrogen (secondary N) is 2. The lowest BCUT2D eigenvalue weighted by Crippen LogP contribution is -2.46. The van der Waals surface area contributed by atoms with Crippen molar-refractivity contribution in [1.29, 1.82) is 0 Å². The number of carbonyl (C=O) groups excluding carboxylic acids is 1. The lowest BCUT2D eigenvalue weighted by molar-refractivity contribution is 0.0885. The second kappa shape index (κ2) is 4.28. The number of anilines is 1. The molecule has 0 saturated carbocycles. The van der Waals surface area contributed by atoms with Gasteiger partial charge in [-0.3, -0.25) is 4.79 Å². The molecule has 19 heavy (non-hydrogen) atoms. The van der Waals surface area contributed by atoms with Crippen LogP contribution in [0.25, 0.3) is 10.9 Å². The number of amides is 1. The molecule has 1 aliphatic rings. The number of benzene rings is 1. The lowest BCUT2D eigenvalue weighted by Gasteiger charge is -2.22. The molecule has 4 N–H and O–H groups in total. The molecule has 5 nitrogen and oxygen atoms in total.